The third-order valence-corrected chi connectivity index (χ3v) is 6.26. The fourth-order valence-corrected chi connectivity index (χ4v) is 4.54. The maximum atomic E-state index is 14.6. The molecule has 0 bridgehead atoms. The van der Waals surface area contributed by atoms with Crippen LogP contribution in [0.2, 0.25) is 0 Å². The maximum Gasteiger partial charge on any atom is 0.251 e. The molecular formula is C23H25FN4O3S. The van der Waals surface area contributed by atoms with Crippen LogP contribution in [0.3, 0.4) is 0 Å². The van der Waals surface area contributed by atoms with Gasteiger partial charge < -0.3 is 14.8 Å². The highest BCUT2D eigenvalue weighted by atomic mass is 32.2. The molecule has 7 nitrogen and oxygen atoms in total. The summed E-state index contributed by atoms with van der Waals surface area (Å²) < 4.78 is 27.1. The first kappa shape index (κ1) is 22.3. The zero-order valence-electron chi connectivity index (χ0n) is 17.8. The van der Waals surface area contributed by atoms with E-state index in [1.807, 2.05) is 0 Å². The number of halogens is 1. The quantitative estimate of drug-likeness (QED) is 0.495. The number of benzene rings is 2. The zero-order valence-corrected chi connectivity index (χ0v) is 18.6. The molecule has 2 heterocycles. The second-order valence-electron chi connectivity index (χ2n) is 7.37. The highest BCUT2D eigenvalue weighted by molar-refractivity contribution is 7.99. The van der Waals surface area contributed by atoms with Crippen molar-refractivity contribution in [1.82, 2.24) is 20.1 Å². The van der Waals surface area contributed by atoms with Crippen LogP contribution in [0.15, 0.2) is 53.7 Å². The summed E-state index contributed by atoms with van der Waals surface area (Å²) in [4.78, 5) is 12.4. The first-order valence-corrected chi connectivity index (χ1v) is 11.5. The summed E-state index contributed by atoms with van der Waals surface area (Å²) in [6.07, 6.45) is 2.66. The van der Waals surface area contributed by atoms with E-state index in [4.69, 9.17) is 9.47 Å². The molecule has 32 heavy (non-hydrogen) atoms. The van der Waals surface area contributed by atoms with E-state index in [2.05, 4.69) is 15.5 Å². The van der Waals surface area contributed by atoms with Crippen LogP contribution in [0.25, 0.3) is 5.69 Å². The van der Waals surface area contributed by atoms with Gasteiger partial charge in [0, 0.05) is 30.9 Å². The molecule has 0 unspecified atom stereocenters. The number of aromatic nitrogens is 3. The Morgan fingerprint density at radius 2 is 2.06 bits per heavy atom. The van der Waals surface area contributed by atoms with Gasteiger partial charge in [0.25, 0.3) is 5.91 Å². The standard InChI is InChI=1S/C23H25FN4O3S/c1-30-17-10-8-16(9-11-17)22(29)25-13-12-21-26-27-23(32-15-18-5-4-14-31-18)28(21)20-7-3-2-6-19(20)24/h2-3,6-11,18H,4-5,12-15H2,1H3,(H,25,29)/t18-/m1/s1. The average Bonchev–Trinajstić information content (AvgIpc) is 3.48. The van der Waals surface area contributed by atoms with Crippen LogP contribution in [0.5, 0.6) is 5.75 Å². The third-order valence-electron chi connectivity index (χ3n) is 5.20. The van der Waals surface area contributed by atoms with Gasteiger partial charge in [-0.05, 0) is 49.2 Å². The summed E-state index contributed by atoms with van der Waals surface area (Å²) in [5.41, 5.74) is 0.929. The van der Waals surface area contributed by atoms with Gasteiger partial charge >= 0.3 is 0 Å². The fraction of sp³-hybridized carbons (Fsp3) is 0.348. The van der Waals surface area contributed by atoms with E-state index >= 15 is 0 Å². The predicted octanol–water partition coefficient (Wildman–Crippen LogP) is 3.66. The normalized spacial score (nSPS) is 15.6. The number of para-hydroxylation sites is 1. The third kappa shape index (κ3) is 5.28. The molecule has 1 atom stereocenters. The SMILES string of the molecule is COc1ccc(C(=O)NCCc2nnc(SC[C@H]3CCCO3)n2-c2ccccc2F)cc1. The Balaban J connectivity index is 1.46. The van der Waals surface area contributed by atoms with Gasteiger partial charge in [-0.25, -0.2) is 4.39 Å². The number of carbonyl (C=O) groups excluding carboxylic acids is 1. The molecule has 1 fully saturated rings. The Morgan fingerprint density at radius 3 is 2.78 bits per heavy atom. The number of thioether (sulfide) groups is 1. The van der Waals surface area contributed by atoms with Crippen molar-refractivity contribution in [2.75, 3.05) is 26.0 Å². The first-order valence-electron chi connectivity index (χ1n) is 10.5. The molecule has 4 rings (SSSR count). The number of ether oxygens (including phenoxy) is 2. The van der Waals surface area contributed by atoms with Gasteiger partial charge in [0.15, 0.2) is 5.16 Å². The second-order valence-corrected chi connectivity index (χ2v) is 8.35. The lowest BCUT2D eigenvalue weighted by Gasteiger charge is -2.13. The van der Waals surface area contributed by atoms with Crippen LogP contribution in [-0.4, -0.2) is 52.8 Å². The number of nitrogens with one attached hydrogen (secondary N) is 1. The van der Waals surface area contributed by atoms with Gasteiger partial charge in [-0.1, -0.05) is 23.9 Å². The minimum atomic E-state index is -0.352. The second kappa shape index (κ2) is 10.6. The van der Waals surface area contributed by atoms with E-state index in [9.17, 15) is 9.18 Å². The number of methoxy groups -OCH3 is 1. The highest BCUT2D eigenvalue weighted by Gasteiger charge is 2.21. The molecule has 0 radical (unpaired) electrons. The Hall–Kier alpha value is -2.91. The number of hydrogen-bond donors (Lipinski definition) is 1. The number of carbonyl (C=O) groups is 1. The van der Waals surface area contributed by atoms with E-state index in [0.717, 1.165) is 25.2 Å². The maximum absolute atomic E-state index is 14.6. The molecule has 1 aliphatic rings. The Bertz CT molecular complexity index is 1050. The fourth-order valence-electron chi connectivity index (χ4n) is 3.51. The smallest absolute Gasteiger partial charge is 0.251 e. The average molecular weight is 457 g/mol. The molecule has 1 N–H and O–H groups in total. The lowest BCUT2D eigenvalue weighted by Crippen LogP contribution is -2.26. The molecular weight excluding hydrogens is 431 g/mol. The largest absolute Gasteiger partial charge is 0.497 e. The van der Waals surface area contributed by atoms with Gasteiger partial charge in [-0.15, -0.1) is 10.2 Å². The van der Waals surface area contributed by atoms with Crippen LogP contribution in [0, 0.1) is 5.82 Å². The number of nitrogens with zero attached hydrogens (tertiary/aromatic N) is 3. The van der Waals surface area contributed by atoms with Crippen molar-refractivity contribution in [1.29, 1.82) is 0 Å². The van der Waals surface area contributed by atoms with Gasteiger partial charge in [0.05, 0.1) is 18.9 Å². The topological polar surface area (TPSA) is 78.3 Å². The van der Waals surface area contributed by atoms with Crippen LogP contribution in [-0.2, 0) is 11.2 Å². The summed E-state index contributed by atoms with van der Waals surface area (Å²) in [5.74, 6) is 1.46. The van der Waals surface area contributed by atoms with E-state index < -0.39 is 0 Å². The highest BCUT2D eigenvalue weighted by Crippen LogP contribution is 2.27. The molecule has 1 amide bonds. The Labute approximate surface area is 190 Å². The van der Waals surface area contributed by atoms with E-state index in [0.29, 0.717) is 40.9 Å². The summed E-state index contributed by atoms with van der Waals surface area (Å²) in [7, 11) is 1.58. The molecule has 2 aromatic carbocycles. The van der Waals surface area contributed by atoms with Crippen molar-refractivity contribution >= 4 is 17.7 Å². The molecule has 0 saturated carbocycles. The molecule has 0 aliphatic carbocycles. The minimum absolute atomic E-state index is 0.179. The zero-order chi connectivity index (χ0) is 22.3. The lowest BCUT2D eigenvalue weighted by molar-refractivity contribution is 0.0954. The number of amides is 1. The predicted molar refractivity (Wildman–Crippen MR) is 120 cm³/mol. The van der Waals surface area contributed by atoms with E-state index in [1.54, 1.807) is 54.1 Å². The van der Waals surface area contributed by atoms with Gasteiger partial charge in [0.1, 0.15) is 17.4 Å². The van der Waals surface area contributed by atoms with Crippen LogP contribution in [0.1, 0.15) is 29.0 Å². The van der Waals surface area contributed by atoms with E-state index in [-0.39, 0.29) is 17.8 Å². The molecule has 1 saturated heterocycles. The molecule has 1 aliphatic heterocycles. The lowest BCUT2D eigenvalue weighted by atomic mass is 10.2. The molecule has 9 heteroatoms. The summed E-state index contributed by atoms with van der Waals surface area (Å²) >= 11 is 1.51. The van der Waals surface area contributed by atoms with Crippen molar-refractivity contribution < 1.29 is 18.7 Å². The van der Waals surface area contributed by atoms with Crippen molar-refractivity contribution in [3.8, 4) is 11.4 Å². The Kier molecular flexibility index (Phi) is 7.39. The minimum Gasteiger partial charge on any atom is -0.497 e. The van der Waals surface area contributed by atoms with Gasteiger partial charge in [-0.2, -0.15) is 0 Å². The summed E-state index contributed by atoms with van der Waals surface area (Å²) in [6.45, 7) is 1.12. The Morgan fingerprint density at radius 1 is 1.25 bits per heavy atom. The van der Waals surface area contributed by atoms with Crippen molar-refractivity contribution in [3.63, 3.8) is 0 Å². The van der Waals surface area contributed by atoms with E-state index in [1.165, 1.54) is 17.8 Å². The number of hydrogen-bond acceptors (Lipinski definition) is 6. The van der Waals surface area contributed by atoms with Crippen molar-refractivity contribution in [3.05, 3.63) is 65.7 Å². The molecule has 3 aromatic rings. The summed E-state index contributed by atoms with van der Waals surface area (Å²) in [6, 6.07) is 13.4. The van der Waals surface area contributed by atoms with Gasteiger partial charge in [-0.3, -0.25) is 9.36 Å². The molecule has 168 valence electrons. The number of rotatable bonds is 9. The summed E-state index contributed by atoms with van der Waals surface area (Å²) in [5, 5.41) is 12.1. The first-order chi connectivity index (χ1) is 15.7. The van der Waals surface area contributed by atoms with Crippen molar-refractivity contribution in [2.24, 2.45) is 0 Å². The van der Waals surface area contributed by atoms with Crippen LogP contribution < -0.4 is 10.1 Å². The molecule has 1 aromatic heterocycles. The monoisotopic (exact) mass is 456 g/mol. The van der Waals surface area contributed by atoms with Crippen LogP contribution >= 0.6 is 11.8 Å². The van der Waals surface area contributed by atoms with Crippen LogP contribution in [0.4, 0.5) is 4.39 Å². The van der Waals surface area contributed by atoms with Gasteiger partial charge in [0.2, 0.25) is 0 Å². The van der Waals surface area contributed by atoms with Crippen molar-refractivity contribution in [2.45, 2.75) is 30.5 Å². The molecule has 0 spiro atoms.